The van der Waals surface area contributed by atoms with Crippen LogP contribution in [0.1, 0.15) is 32.1 Å². The van der Waals surface area contributed by atoms with Crippen molar-refractivity contribution < 1.29 is 9.59 Å². The first-order valence-electron chi connectivity index (χ1n) is 5.22. The lowest BCUT2D eigenvalue weighted by molar-refractivity contribution is 0.0995. The fraction of sp³-hybridized carbons (Fsp3) is 0.333. The van der Waals surface area contributed by atoms with Crippen molar-refractivity contribution in [2.75, 3.05) is 14.1 Å². The molecule has 0 fully saturated rings. The Bertz CT molecular complexity index is 484. The number of allylic oxidation sites excluding steroid dienone is 1. The number of ketones is 1. The minimum atomic E-state index is -0.554. The highest BCUT2D eigenvalue weighted by Crippen LogP contribution is 2.18. The van der Waals surface area contributed by atoms with Gasteiger partial charge in [0.15, 0.2) is 5.78 Å². The molecule has 0 atom stereocenters. The van der Waals surface area contributed by atoms with Gasteiger partial charge in [-0.05, 0) is 19.4 Å². The summed E-state index contributed by atoms with van der Waals surface area (Å²) in [6.45, 7) is 3.45. The molecule has 0 aliphatic rings. The van der Waals surface area contributed by atoms with E-state index in [1.54, 1.807) is 24.9 Å². The van der Waals surface area contributed by atoms with E-state index in [0.29, 0.717) is 22.5 Å². The number of primary amides is 1. The molecule has 92 valence electrons. The largest absolute Gasteiger partial charge is 0.383 e. The van der Waals surface area contributed by atoms with Crippen LogP contribution in [0.25, 0.3) is 0 Å². The number of aromatic nitrogens is 1. The summed E-state index contributed by atoms with van der Waals surface area (Å²) in [5.74, 6) is -0.696. The number of nitrogens with zero attached hydrogens (tertiary/aromatic N) is 1. The number of nitrogens with one attached hydrogen (secondary N) is 1. The zero-order chi connectivity index (χ0) is 13.2. The highest BCUT2D eigenvalue weighted by atomic mass is 16.1. The molecular formula is C12H17N3O2. The molecule has 17 heavy (non-hydrogen) atoms. The third-order valence-electron chi connectivity index (χ3n) is 2.45. The fourth-order valence-electron chi connectivity index (χ4n) is 1.67. The summed E-state index contributed by atoms with van der Waals surface area (Å²) in [6, 6.07) is 0. The van der Waals surface area contributed by atoms with E-state index in [4.69, 9.17) is 5.73 Å². The molecule has 0 aliphatic heterocycles. The first-order valence-corrected chi connectivity index (χ1v) is 5.22. The second-order valence-electron chi connectivity index (χ2n) is 4.13. The van der Waals surface area contributed by atoms with Gasteiger partial charge in [0.05, 0.1) is 0 Å². The number of rotatable bonds is 4. The number of amides is 1. The summed E-state index contributed by atoms with van der Waals surface area (Å²) in [5, 5.41) is 0. The molecule has 0 saturated carbocycles. The van der Waals surface area contributed by atoms with Gasteiger partial charge in [-0.1, -0.05) is 0 Å². The second-order valence-corrected chi connectivity index (χ2v) is 4.13. The number of hydrogen-bond donors (Lipinski definition) is 2. The predicted molar refractivity (Wildman–Crippen MR) is 65.9 cm³/mol. The van der Waals surface area contributed by atoms with Gasteiger partial charge in [0.1, 0.15) is 5.69 Å². The van der Waals surface area contributed by atoms with Crippen molar-refractivity contribution >= 4 is 11.7 Å². The molecule has 1 aromatic rings. The van der Waals surface area contributed by atoms with Crippen LogP contribution in [0.3, 0.4) is 0 Å². The molecule has 0 unspecified atom stereocenters. The van der Waals surface area contributed by atoms with E-state index in [0.717, 1.165) is 0 Å². The highest BCUT2D eigenvalue weighted by molar-refractivity contribution is 6.08. The molecule has 1 aromatic heterocycles. The van der Waals surface area contributed by atoms with Crippen LogP contribution in [0.4, 0.5) is 0 Å². The van der Waals surface area contributed by atoms with E-state index < -0.39 is 5.91 Å². The van der Waals surface area contributed by atoms with Crippen LogP contribution < -0.4 is 5.73 Å². The summed E-state index contributed by atoms with van der Waals surface area (Å²) < 4.78 is 0. The Morgan fingerprint density at radius 1 is 1.29 bits per heavy atom. The number of carbonyl (C=O) groups excluding carboxylic acids is 2. The molecule has 0 aromatic carbocycles. The van der Waals surface area contributed by atoms with Gasteiger partial charge >= 0.3 is 0 Å². The van der Waals surface area contributed by atoms with Gasteiger partial charge in [0.25, 0.3) is 5.91 Å². The number of H-pyrrole nitrogens is 1. The van der Waals surface area contributed by atoms with Crippen molar-refractivity contribution in [3.05, 3.63) is 34.8 Å². The normalized spacial score (nSPS) is 10.8. The van der Waals surface area contributed by atoms with Gasteiger partial charge < -0.3 is 15.6 Å². The molecule has 0 saturated heterocycles. The van der Waals surface area contributed by atoms with Crippen LogP contribution in [-0.2, 0) is 0 Å². The Morgan fingerprint density at radius 2 is 1.88 bits per heavy atom. The first-order chi connectivity index (χ1) is 7.84. The van der Waals surface area contributed by atoms with E-state index in [1.165, 1.54) is 6.08 Å². The minimum Gasteiger partial charge on any atom is -0.383 e. The third kappa shape index (κ3) is 2.75. The van der Waals surface area contributed by atoms with Crippen molar-refractivity contribution in [3.63, 3.8) is 0 Å². The lowest BCUT2D eigenvalue weighted by Crippen LogP contribution is -2.13. The SMILES string of the molecule is Cc1[nH]c(C(N)=O)c(C)c1C(=O)/C=C/N(C)C. The van der Waals surface area contributed by atoms with Crippen LogP contribution in [0, 0.1) is 13.8 Å². The molecule has 0 spiro atoms. The molecule has 1 rings (SSSR count). The van der Waals surface area contributed by atoms with Crippen molar-refractivity contribution in [3.8, 4) is 0 Å². The Hall–Kier alpha value is -2.04. The summed E-state index contributed by atoms with van der Waals surface area (Å²) in [6.07, 6.45) is 3.13. The van der Waals surface area contributed by atoms with E-state index in [-0.39, 0.29) is 5.78 Å². The molecule has 5 nitrogen and oxygen atoms in total. The van der Waals surface area contributed by atoms with Gasteiger partial charge in [0, 0.05) is 37.6 Å². The van der Waals surface area contributed by atoms with Gasteiger partial charge in [-0.2, -0.15) is 0 Å². The monoisotopic (exact) mass is 235 g/mol. The average Bonchev–Trinajstić information content (AvgIpc) is 2.51. The fourth-order valence-corrected chi connectivity index (χ4v) is 1.67. The van der Waals surface area contributed by atoms with Crippen molar-refractivity contribution in [1.29, 1.82) is 0 Å². The summed E-state index contributed by atoms with van der Waals surface area (Å²) >= 11 is 0. The Kier molecular flexibility index (Phi) is 3.73. The number of hydrogen-bond acceptors (Lipinski definition) is 3. The van der Waals surface area contributed by atoms with Crippen LogP contribution in [0.5, 0.6) is 0 Å². The van der Waals surface area contributed by atoms with E-state index in [9.17, 15) is 9.59 Å². The smallest absolute Gasteiger partial charge is 0.265 e. The zero-order valence-electron chi connectivity index (χ0n) is 10.5. The minimum absolute atomic E-state index is 0.141. The van der Waals surface area contributed by atoms with E-state index in [2.05, 4.69) is 4.98 Å². The summed E-state index contributed by atoms with van der Waals surface area (Å²) in [7, 11) is 3.66. The predicted octanol–water partition coefficient (Wildman–Crippen LogP) is 0.988. The maximum atomic E-state index is 11.9. The molecule has 5 heteroatoms. The quantitative estimate of drug-likeness (QED) is 0.603. The molecule has 1 heterocycles. The molecule has 0 bridgehead atoms. The zero-order valence-corrected chi connectivity index (χ0v) is 10.5. The number of aromatic amines is 1. The lowest BCUT2D eigenvalue weighted by Gasteiger charge is -2.03. The second kappa shape index (κ2) is 4.86. The van der Waals surface area contributed by atoms with Crippen LogP contribution in [-0.4, -0.2) is 35.7 Å². The molecule has 0 radical (unpaired) electrons. The van der Waals surface area contributed by atoms with E-state index >= 15 is 0 Å². The van der Waals surface area contributed by atoms with Crippen molar-refractivity contribution in [2.24, 2.45) is 5.73 Å². The molecule has 1 amide bonds. The maximum Gasteiger partial charge on any atom is 0.265 e. The van der Waals surface area contributed by atoms with Crippen LogP contribution >= 0.6 is 0 Å². The maximum absolute atomic E-state index is 11.9. The average molecular weight is 235 g/mol. The number of nitrogens with two attached hydrogens (primary N) is 1. The van der Waals surface area contributed by atoms with Crippen molar-refractivity contribution in [2.45, 2.75) is 13.8 Å². The van der Waals surface area contributed by atoms with Crippen LogP contribution in [0.15, 0.2) is 12.3 Å². The Labute approximate surface area is 100 Å². The van der Waals surface area contributed by atoms with Gasteiger partial charge in [-0.15, -0.1) is 0 Å². The van der Waals surface area contributed by atoms with E-state index in [1.807, 2.05) is 14.1 Å². The van der Waals surface area contributed by atoms with Gasteiger partial charge in [0.2, 0.25) is 0 Å². The van der Waals surface area contributed by atoms with Gasteiger partial charge in [-0.3, -0.25) is 9.59 Å². The standard InChI is InChI=1S/C12H17N3O2/c1-7-10(9(16)5-6-15(3)4)8(2)14-11(7)12(13)17/h5-6,14H,1-4H3,(H2,13,17)/b6-5+. The molecular weight excluding hydrogens is 218 g/mol. The van der Waals surface area contributed by atoms with Crippen LogP contribution in [0.2, 0.25) is 0 Å². The highest BCUT2D eigenvalue weighted by Gasteiger charge is 2.18. The Balaban J connectivity index is 3.15. The number of carbonyl (C=O) groups is 2. The lowest BCUT2D eigenvalue weighted by atomic mass is 10.1. The summed E-state index contributed by atoms with van der Waals surface area (Å²) in [4.78, 5) is 27.7. The van der Waals surface area contributed by atoms with Crippen molar-refractivity contribution in [1.82, 2.24) is 9.88 Å². The first kappa shape index (κ1) is 13.0. The van der Waals surface area contributed by atoms with Gasteiger partial charge in [-0.25, -0.2) is 0 Å². The Morgan fingerprint density at radius 3 is 2.29 bits per heavy atom. The topological polar surface area (TPSA) is 79.2 Å². The number of aryl methyl sites for hydroxylation is 1. The third-order valence-corrected chi connectivity index (χ3v) is 2.45. The molecule has 0 aliphatic carbocycles. The molecule has 3 N–H and O–H groups in total. The summed E-state index contributed by atoms with van der Waals surface area (Å²) in [5.41, 5.74) is 7.28.